The van der Waals surface area contributed by atoms with Crippen LogP contribution >= 0.6 is 0 Å². The van der Waals surface area contributed by atoms with Crippen LogP contribution in [-0.2, 0) is 28.4 Å². The first-order chi connectivity index (χ1) is 11.8. The van der Waals surface area contributed by atoms with Crippen molar-refractivity contribution in [2.75, 3.05) is 59.4 Å². The zero-order valence-electron chi connectivity index (χ0n) is 15.2. The first kappa shape index (κ1) is 21.2. The van der Waals surface area contributed by atoms with Gasteiger partial charge in [-0.15, -0.1) is 0 Å². The van der Waals surface area contributed by atoms with Crippen molar-refractivity contribution in [3.8, 4) is 0 Å². The molecule has 1 atom stereocenters. The molecule has 12 heteroatoms. The number of hydrogen-bond donors (Lipinski definition) is 3. The predicted octanol–water partition coefficient (Wildman–Crippen LogP) is -0.607. The maximum absolute atomic E-state index is 5.58. The Morgan fingerprint density at radius 3 is 1.68 bits per heavy atom. The van der Waals surface area contributed by atoms with Crippen molar-refractivity contribution in [1.82, 2.24) is 15.0 Å². The summed E-state index contributed by atoms with van der Waals surface area (Å²) in [6.07, 6.45) is -0.723. The molecule has 0 amide bonds. The van der Waals surface area contributed by atoms with E-state index in [9.17, 15) is 0 Å². The number of nitrogens with two attached hydrogens (primary N) is 2. The molecule has 1 unspecified atom stereocenters. The first-order valence-electron chi connectivity index (χ1n) is 7.18. The van der Waals surface area contributed by atoms with Crippen molar-refractivity contribution in [2.45, 2.75) is 24.4 Å². The molecule has 0 saturated carbocycles. The van der Waals surface area contributed by atoms with Crippen LogP contribution in [-0.4, -0.2) is 75.6 Å². The van der Waals surface area contributed by atoms with Crippen molar-refractivity contribution in [3.05, 3.63) is 0 Å². The maximum atomic E-state index is 5.58. The number of methoxy groups -OCH3 is 6. The third-order valence-electron chi connectivity index (χ3n) is 3.64. The molecule has 1 rings (SSSR count). The van der Waals surface area contributed by atoms with Crippen molar-refractivity contribution in [2.24, 2.45) is 0 Å². The summed E-state index contributed by atoms with van der Waals surface area (Å²) in [5.41, 5.74) is 11.2. The summed E-state index contributed by atoms with van der Waals surface area (Å²) < 4.78 is 32.4. The number of anilines is 3. The summed E-state index contributed by atoms with van der Waals surface area (Å²) in [4.78, 5) is 11.6. The fourth-order valence-electron chi connectivity index (χ4n) is 2.25. The third-order valence-corrected chi connectivity index (χ3v) is 3.64. The highest BCUT2D eigenvalue weighted by molar-refractivity contribution is 5.38. The van der Waals surface area contributed by atoms with Crippen LogP contribution in [0.1, 0.15) is 6.42 Å². The number of rotatable bonds is 11. The SMILES string of the molecule is COC(CC(OC)(OC)OC)C(Nc1nc(N)nc(N)n1)(OC)OC. The van der Waals surface area contributed by atoms with E-state index < -0.39 is 18.0 Å². The molecule has 1 heterocycles. The summed E-state index contributed by atoms with van der Waals surface area (Å²) in [7, 11) is 8.57. The molecular formula is C13H26N6O6. The third kappa shape index (κ3) is 4.84. The van der Waals surface area contributed by atoms with Crippen LogP contribution in [0.15, 0.2) is 0 Å². The lowest BCUT2D eigenvalue weighted by atomic mass is 10.1. The van der Waals surface area contributed by atoms with Crippen molar-refractivity contribution in [1.29, 1.82) is 0 Å². The average molecular weight is 362 g/mol. The van der Waals surface area contributed by atoms with Crippen LogP contribution in [0.25, 0.3) is 0 Å². The summed E-state index contributed by atoms with van der Waals surface area (Å²) in [6, 6.07) is 0. The molecule has 0 aliphatic carbocycles. The van der Waals surface area contributed by atoms with Gasteiger partial charge in [0.05, 0.1) is 6.42 Å². The Balaban J connectivity index is 3.19. The van der Waals surface area contributed by atoms with Gasteiger partial charge >= 0.3 is 0 Å². The van der Waals surface area contributed by atoms with Crippen LogP contribution in [0.2, 0.25) is 0 Å². The van der Waals surface area contributed by atoms with E-state index in [1.165, 1.54) is 42.7 Å². The number of aromatic nitrogens is 3. The quantitative estimate of drug-likeness (QED) is 0.429. The lowest BCUT2D eigenvalue weighted by Crippen LogP contribution is -2.57. The van der Waals surface area contributed by atoms with Gasteiger partial charge in [0.15, 0.2) is 0 Å². The molecule has 12 nitrogen and oxygen atoms in total. The Bertz CT molecular complexity index is 511. The maximum Gasteiger partial charge on any atom is 0.284 e. The molecule has 1 aromatic heterocycles. The molecular weight excluding hydrogens is 336 g/mol. The summed E-state index contributed by atoms with van der Waals surface area (Å²) >= 11 is 0. The highest BCUT2D eigenvalue weighted by atomic mass is 16.9. The highest BCUT2D eigenvalue weighted by Gasteiger charge is 2.47. The number of nitrogen functional groups attached to an aromatic ring is 2. The number of nitrogens with zero attached hydrogens (tertiary/aromatic N) is 3. The number of ether oxygens (including phenoxy) is 6. The van der Waals surface area contributed by atoms with Crippen molar-refractivity contribution < 1.29 is 28.4 Å². The lowest BCUT2D eigenvalue weighted by Gasteiger charge is -2.40. The fraction of sp³-hybridized carbons (Fsp3) is 0.769. The molecule has 0 bridgehead atoms. The van der Waals surface area contributed by atoms with Gasteiger partial charge in [-0.25, -0.2) is 0 Å². The van der Waals surface area contributed by atoms with E-state index in [2.05, 4.69) is 20.3 Å². The van der Waals surface area contributed by atoms with Gasteiger partial charge in [-0.05, 0) is 0 Å². The van der Waals surface area contributed by atoms with Gasteiger partial charge in [0.25, 0.3) is 11.9 Å². The van der Waals surface area contributed by atoms with Gasteiger partial charge in [-0.3, -0.25) is 0 Å². The smallest absolute Gasteiger partial charge is 0.284 e. The van der Waals surface area contributed by atoms with Crippen LogP contribution in [0.3, 0.4) is 0 Å². The minimum absolute atomic E-state index is 0.0357. The lowest BCUT2D eigenvalue weighted by molar-refractivity contribution is -0.375. The molecule has 0 aromatic carbocycles. The summed E-state index contributed by atoms with van der Waals surface area (Å²) in [5, 5.41) is 2.86. The first-order valence-corrected chi connectivity index (χ1v) is 7.18. The summed E-state index contributed by atoms with van der Waals surface area (Å²) in [6.45, 7) is 0. The monoisotopic (exact) mass is 362 g/mol. The topological polar surface area (TPSA) is 158 Å². The number of nitrogens with one attached hydrogen (secondary N) is 1. The standard InChI is InChI=1S/C13H26N6O6/c1-20-8(7-12(21-2,22-3)23-4)13(24-5,25-6)19-11-17-9(14)16-10(15)18-11/h8H,7H2,1-6H3,(H5,14,15,16,17,18,19). The Hall–Kier alpha value is -1.83. The number of hydrogen-bond acceptors (Lipinski definition) is 12. The van der Waals surface area contributed by atoms with Gasteiger partial charge in [-0.2, -0.15) is 15.0 Å². The molecule has 144 valence electrons. The van der Waals surface area contributed by atoms with Crippen LogP contribution in [0.4, 0.5) is 17.8 Å². The molecule has 0 spiro atoms. The van der Waals surface area contributed by atoms with E-state index in [4.69, 9.17) is 39.9 Å². The van der Waals surface area contributed by atoms with E-state index in [0.29, 0.717) is 0 Å². The molecule has 25 heavy (non-hydrogen) atoms. The average Bonchev–Trinajstić information content (AvgIpc) is 2.61. The molecule has 0 radical (unpaired) electrons. The van der Waals surface area contributed by atoms with E-state index in [0.717, 1.165) is 0 Å². The molecule has 0 aliphatic heterocycles. The zero-order valence-corrected chi connectivity index (χ0v) is 15.2. The largest absolute Gasteiger partial charge is 0.373 e. The van der Waals surface area contributed by atoms with Crippen molar-refractivity contribution >= 4 is 17.8 Å². The van der Waals surface area contributed by atoms with Crippen LogP contribution in [0.5, 0.6) is 0 Å². The molecule has 5 N–H and O–H groups in total. The van der Waals surface area contributed by atoms with Gasteiger partial charge in [-0.1, -0.05) is 0 Å². The minimum atomic E-state index is -1.53. The fourth-order valence-corrected chi connectivity index (χ4v) is 2.25. The van der Waals surface area contributed by atoms with Gasteiger partial charge in [0.2, 0.25) is 17.8 Å². The second-order valence-corrected chi connectivity index (χ2v) is 4.80. The van der Waals surface area contributed by atoms with E-state index in [1.807, 2.05) is 0 Å². The van der Waals surface area contributed by atoms with Crippen LogP contribution < -0.4 is 16.8 Å². The molecule has 0 saturated heterocycles. The van der Waals surface area contributed by atoms with Crippen molar-refractivity contribution in [3.63, 3.8) is 0 Å². The Labute approximate surface area is 146 Å². The van der Waals surface area contributed by atoms with E-state index >= 15 is 0 Å². The summed E-state index contributed by atoms with van der Waals surface area (Å²) in [5.74, 6) is -3.01. The minimum Gasteiger partial charge on any atom is -0.373 e. The molecule has 0 aliphatic rings. The van der Waals surface area contributed by atoms with E-state index in [1.54, 1.807) is 0 Å². The van der Waals surface area contributed by atoms with E-state index in [-0.39, 0.29) is 24.3 Å². The highest BCUT2D eigenvalue weighted by Crippen LogP contribution is 2.30. The molecule has 0 fully saturated rings. The predicted molar refractivity (Wildman–Crippen MR) is 88.2 cm³/mol. The normalized spacial score (nSPS) is 13.7. The second kappa shape index (κ2) is 9.03. The zero-order chi connectivity index (χ0) is 19.1. The van der Waals surface area contributed by atoms with Gasteiger partial charge < -0.3 is 45.2 Å². The Morgan fingerprint density at radius 1 is 0.840 bits per heavy atom. The Morgan fingerprint density at radius 2 is 1.32 bits per heavy atom. The molecule has 1 aromatic rings. The van der Waals surface area contributed by atoms with Gasteiger partial charge in [0, 0.05) is 42.7 Å². The Kier molecular flexibility index (Phi) is 7.66. The van der Waals surface area contributed by atoms with Gasteiger partial charge in [0.1, 0.15) is 6.10 Å². The van der Waals surface area contributed by atoms with Crippen LogP contribution in [0, 0.1) is 0 Å². The second-order valence-electron chi connectivity index (χ2n) is 4.80.